The molecule has 1 saturated heterocycles. The molecule has 70 valence electrons. The zero-order valence-electron chi connectivity index (χ0n) is 6.77. The normalized spacial score (nSPS) is 27.7. The molecular formula is C8H9NO3S. The first-order valence-electron chi connectivity index (χ1n) is 3.90. The van der Waals surface area contributed by atoms with Crippen LogP contribution >= 0.6 is 11.8 Å². The van der Waals surface area contributed by atoms with Gasteiger partial charge in [0, 0.05) is 11.3 Å². The Kier molecular flexibility index (Phi) is 2.28. The van der Waals surface area contributed by atoms with Crippen LogP contribution in [0.5, 0.6) is 0 Å². The lowest BCUT2D eigenvalue weighted by Gasteiger charge is -2.07. The number of carbonyl (C=O) groups is 1. The molecule has 1 unspecified atom stereocenters. The van der Waals surface area contributed by atoms with Gasteiger partial charge in [-0.3, -0.25) is 10.1 Å². The molecular weight excluding hydrogens is 190 g/mol. The van der Waals surface area contributed by atoms with Gasteiger partial charge in [-0.15, -0.1) is 11.8 Å². The van der Waals surface area contributed by atoms with Crippen molar-refractivity contribution >= 4 is 17.7 Å². The maximum absolute atomic E-state index is 10.6. The van der Waals surface area contributed by atoms with Gasteiger partial charge in [0.05, 0.1) is 17.9 Å². The summed E-state index contributed by atoms with van der Waals surface area (Å²) in [6.07, 6.45) is 3.22. The van der Waals surface area contributed by atoms with E-state index in [4.69, 9.17) is 9.52 Å². The third-order valence-electron chi connectivity index (χ3n) is 1.93. The average molecular weight is 199 g/mol. The molecule has 5 heteroatoms. The molecule has 2 N–H and O–H groups in total. The van der Waals surface area contributed by atoms with Gasteiger partial charge in [0.15, 0.2) is 0 Å². The van der Waals surface area contributed by atoms with Gasteiger partial charge in [-0.25, -0.2) is 0 Å². The Morgan fingerprint density at radius 1 is 1.77 bits per heavy atom. The number of thioether (sulfide) groups is 1. The van der Waals surface area contributed by atoms with Gasteiger partial charge in [0.25, 0.3) is 0 Å². The zero-order valence-corrected chi connectivity index (χ0v) is 7.58. The lowest BCUT2D eigenvalue weighted by molar-refractivity contribution is -0.138. The highest BCUT2D eigenvalue weighted by Gasteiger charge is 2.30. The highest BCUT2D eigenvalue weighted by Crippen LogP contribution is 2.32. The second kappa shape index (κ2) is 3.43. The Labute approximate surface area is 79.3 Å². The van der Waals surface area contributed by atoms with Crippen molar-refractivity contribution in [3.63, 3.8) is 0 Å². The number of hydrogen-bond acceptors (Lipinski definition) is 4. The molecule has 0 spiro atoms. The van der Waals surface area contributed by atoms with E-state index >= 15 is 0 Å². The number of nitrogens with one attached hydrogen (secondary N) is 1. The standard InChI is InChI=1S/C8H9NO3S/c10-8(11)6-4-13-7(9-6)5-1-2-12-3-5/h1-3,6-7,9H,4H2,(H,10,11)/t6-,7?/m1/s1. The van der Waals surface area contributed by atoms with Crippen LogP contribution in [0.25, 0.3) is 0 Å². The fourth-order valence-electron chi connectivity index (χ4n) is 1.23. The fourth-order valence-corrected chi connectivity index (χ4v) is 2.44. The molecule has 0 saturated carbocycles. The molecule has 2 rings (SSSR count). The van der Waals surface area contributed by atoms with E-state index in [0.717, 1.165) is 5.56 Å². The molecule has 4 nitrogen and oxygen atoms in total. The molecule has 1 fully saturated rings. The molecule has 0 aromatic carbocycles. The number of rotatable bonds is 2. The smallest absolute Gasteiger partial charge is 0.321 e. The van der Waals surface area contributed by atoms with Crippen molar-refractivity contribution in [3.8, 4) is 0 Å². The molecule has 2 atom stereocenters. The van der Waals surface area contributed by atoms with E-state index in [9.17, 15) is 4.79 Å². The summed E-state index contributed by atoms with van der Waals surface area (Å²) in [6.45, 7) is 0. The van der Waals surface area contributed by atoms with E-state index in [1.165, 1.54) is 0 Å². The molecule has 0 bridgehead atoms. The van der Waals surface area contributed by atoms with E-state index < -0.39 is 12.0 Å². The van der Waals surface area contributed by atoms with Gasteiger partial charge in [0.1, 0.15) is 6.04 Å². The third-order valence-corrected chi connectivity index (χ3v) is 3.19. The van der Waals surface area contributed by atoms with Crippen LogP contribution in [0.4, 0.5) is 0 Å². The minimum Gasteiger partial charge on any atom is -0.480 e. The van der Waals surface area contributed by atoms with Crippen LogP contribution in [0.2, 0.25) is 0 Å². The first-order valence-corrected chi connectivity index (χ1v) is 4.95. The summed E-state index contributed by atoms with van der Waals surface area (Å²) < 4.78 is 4.92. The summed E-state index contributed by atoms with van der Waals surface area (Å²) in [6, 6.07) is 1.40. The Hall–Kier alpha value is -0.940. The Bertz CT molecular complexity index is 298. The van der Waals surface area contributed by atoms with Gasteiger partial charge in [-0.1, -0.05) is 0 Å². The number of furan rings is 1. The SMILES string of the molecule is O=C(O)[C@H]1CSC(c2ccoc2)N1. The fraction of sp³-hybridized carbons (Fsp3) is 0.375. The summed E-state index contributed by atoms with van der Waals surface area (Å²) in [4.78, 5) is 10.6. The maximum atomic E-state index is 10.6. The molecule has 0 radical (unpaired) electrons. The van der Waals surface area contributed by atoms with Crippen molar-refractivity contribution in [1.29, 1.82) is 0 Å². The molecule has 1 aromatic rings. The van der Waals surface area contributed by atoms with E-state index in [1.54, 1.807) is 24.3 Å². The van der Waals surface area contributed by atoms with Crippen molar-refractivity contribution in [2.75, 3.05) is 5.75 Å². The lowest BCUT2D eigenvalue weighted by atomic mass is 10.3. The van der Waals surface area contributed by atoms with Crippen molar-refractivity contribution in [3.05, 3.63) is 24.2 Å². The summed E-state index contributed by atoms with van der Waals surface area (Å²) >= 11 is 1.58. The van der Waals surface area contributed by atoms with Crippen LogP contribution in [0.3, 0.4) is 0 Å². The predicted molar refractivity (Wildman–Crippen MR) is 48.5 cm³/mol. The minimum absolute atomic E-state index is 0.0554. The highest BCUT2D eigenvalue weighted by atomic mass is 32.2. The Balaban J connectivity index is 2.03. The Morgan fingerprint density at radius 3 is 3.15 bits per heavy atom. The summed E-state index contributed by atoms with van der Waals surface area (Å²) in [5.74, 6) is -0.191. The lowest BCUT2D eigenvalue weighted by Crippen LogP contribution is -2.33. The van der Waals surface area contributed by atoms with Crippen molar-refractivity contribution in [1.82, 2.24) is 5.32 Å². The van der Waals surface area contributed by atoms with E-state index in [0.29, 0.717) is 5.75 Å². The van der Waals surface area contributed by atoms with Gasteiger partial charge >= 0.3 is 5.97 Å². The number of aliphatic carboxylic acids is 1. The van der Waals surface area contributed by atoms with Crippen LogP contribution in [0.15, 0.2) is 23.0 Å². The topological polar surface area (TPSA) is 62.5 Å². The summed E-state index contributed by atoms with van der Waals surface area (Å²) in [7, 11) is 0. The maximum Gasteiger partial charge on any atom is 0.321 e. The van der Waals surface area contributed by atoms with Crippen LogP contribution in [-0.2, 0) is 4.79 Å². The molecule has 1 aliphatic rings. The first kappa shape index (κ1) is 8.65. The van der Waals surface area contributed by atoms with Crippen molar-refractivity contribution < 1.29 is 14.3 Å². The highest BCUT2D eigenvalue weighted by molar-refractivity contribution is 7.99. The van der Waals surface area contributed by atoms with Gasteiger partial charge in [-0.2, -0.15) is 0 Å². The van der Waals surface area contributed by atoms with Gasteiger partial charge in [0.2, 0.25) is 0 Å². The van der Waals surface area contributed by atoms with Crippen molar-refractivity contribution in [2.24, 2.45) is 0 Å². The molecule has 0 amide bonds. The minimum atomic E-state index is -0.793. The number of carboxylic acid groups (broad SMARTS) is 1. The summed E-state index contributed by atoms with van der Waals surface area (Å²) in [5, 5.41) is 11.8. The predicted octanol–water partition coefficient (Wildman–Crippen LogP) is 1.07. The van der Waals surface area contributed by atoms with E-state index in [2.05, 4.69) is 5.32 Å². The summed E-state index contributed by atoms with van der Waals surface area (Å²) in [5.41, 5.74) is 0.994. The largest absolute Gasteiger partial charge is 0.480 e. The second-order valence-electron chi connectivity index (χ2n) is 2.83. The molecule has 13 heavy (non-hydrogen) atoms. The number of carboxylic acids is 1. The van der Waals surface area contributed by atoms with Gasteiger partial charge < -0.3 is 9.52 Å². The Morgan fingerprint density at radius 2 is 2.62 bits per heavy atom. The second-order valence-corrected chi connectivity index (χ2v) is 3.97. The van der Waals surface area contributed by atoms with E-state index in [-0.39, 0.29) is 5.37 Å². The molecule has 1 aliphatic heterocycles. The third kappa shape index (κ3) is 1.71. The molecule has 1 aromatic heterocycles. The monoisotopic (exact) mass is 199 g/mol. The number of hydrogen-bond donors (Lipinski definition) is 2. The van der Waals surface area contributed by atoms with Crippen LogP contribution in [0.1, 0.15) is 10.9 Å². The van der Waals surface area contributed by atoms with E-state index in [1.807, 2.05) is 6.07 Å². The van der Waals surface area contributed by atoms with Crippen LogP contribution < -0.4 is 5.32 Å². The zero-order chi connectivity index (χ0) is 9.26. The van der Waals surface area contributed by atoms with Crippen LogP contribution in [-0.4, -0.2) is 22.9 Å². The molecule has 0 aliphatic carbocycles. The van der Waals surface area contributed by atoms with Crippen LogP contribution in [0, 0.1) is 0 Å². The van der Waals surface area contributed by atoms with Crippen molar-refractivity contribution in [2.45, 2.75) is 11.4 Å². The quantitative estimate of drug-likeness (QED) is 0.746. The average Bonchev–Trinajstić information content (AvgIpc) is 2.75. The van der Waals surface area contributed by atoms with Gasteiger partial charge in [-0.05, 0) is 6.07 Å². The molecule has 2 heterocycles. The first-order chi connectivity index (χ1) is 6.27.